The lowest BCUT2D eigenvalue weighted by Crippen LogP contribution is -2.36. The van der Waals surface area contributed by atoms with Gasteiger partial charge < -0.3 is 24.8 Å². The first-order chi connectivity index (χ1) is 19.0. The highest BCUT2D eigenvalue weighted by Crippen LogP contribution is 2.25. The molecule has 1 aliphatic rings. The van der Waals surface area contributed by atoms with Crippen LogP contribution in [0.2, 0.25) is 0 Å². The molecule has 39 heavy (non-hydrogen) atoms. The van der Waals surface area contributed by atoms with Crippen LogP contribution in [0.1, 0.15) is 33.6 Å². The molecule has 0 atom stereocenters. The Kier molecular flexibility index (Phi) is 7.97. The molecule has 9 nitrogen and oxygen atoms in total. The molecule has 9 heteroatoms. The van der Waals surface area contributed by atoms with Gasteiger partial charge in [0.05, 0.1) is 24.1 Å². The van der Waals surface area contributed by atoms with E-state index in [1.807, 2.05) is 24.3 Å². The molecular weight excluding hydrogens is 496 g/mol. The van der Waals surface area contributed by atoms with Crippen molar-refractivity contribution in [2.75, 3.05) is 29.9 Å². The van der Waals surface area contributed by atoms with E-state index in [0.29, 0.717) is 41.2 Å². The number of aromatic nitrogens is 2. The Bertz CT molecular complexity index is 1400. The van der Waals surface area contributed by atoms with Crippen molar-refractivity contribution in [3.8, 4) is 17.4 Å². The second-order valence-electron chi connectivity index (χ2n) is 9.23. The van der Waals surface area contributed by atoms with Crippen LogP contribution in [0.15, 0.2) is 91.3 Å². The van der Waals surface area contributed by atoms with Crippen molar-refractivity contribution in [3.05, 3.63) is 102 Å². The fourth-order valence-corrected chi connectivity index (χ4v) is 4.31. The van der Waals surface area contributed by atoms with Crippen LogP contribution in [-0.4, -0.2) is 46.6 Å². The summed E-state index contributed by atoms with van der Waals surface area (Å²) >= 11 is 0. The van der Waals surface area contributed by atoms with E-state index < -0.39 is 5.97 Å². The van der Waals surface area contributed by atoms with Crippen LogP contribution >= 0.6 is 0 Å². The zero-order valence-corrected chi connectivity index (χ0v) is 21.2. The number of aromatic carboxylic acids is 1. The highest BCUT2D eigenvalue weighted by Gasteiger charge is 2.21. The van der Waals surface area contributed by atoms with Crippen LogP contribution in [0.3, 0.4) is 0 Å². The van der Waals surface area contributed by atoms with Gasteiger partial charge in [-0.3, -0.25) is 4.79 Å². The maximum atomic E-state index is 12.7. The molecule has 2 aromatic heterocycles. The standard InChI is InChI=1S/C30H28N4O5/c35-29(22-7-10-25(11-8-22)39-28-6-1-2-15-31-28)33-24-9-12-27(32-19-24)34-16-13-21(14-17-34)20-38-26-5-3-4-23(18-26)30(36)37/h1-12,15,18-19,21H,13-14,16-17,20H2,(H,33,35)(H,36,37). The molecule has 0 aliphatic carbocycles. The Balaban J connectivity index is 1.08. The van der Waals surface area contributed by atoms with Gasteiger partial charge in [-0.25, -0.2) is 14.8 Å². The number of piperidine rings is 1. The molecule has 2 N–H and O–H groups in total. The van der Waals surface area contributed by atoms with Gasteiger partial charge in [0.25, 0.3) is 5.91 Å². The van der Waals surface area contributed by atoms with Crippen LogP contribution < -0.4 is 19.7 Å². The maximum Gasteiger partial charge on any atom is 0.335 e. The third kappa shape index (κ3) is 6.89. The summed E-state index contributed by atoms with van der Waals surface area (Å²) in [7, 11) is 0. The minimum Gasteiger partial charge on any atom is -0.493 e. The molecule has 1 fully saturated rings. The van der Waals surface area contributed by atoms with E-state index in [4.69, 9.17) is 14.6 Å². The number of nitrogens with zero attached hydrogens (tertiary/aromatic N) is 3. The summed E-state index contributed by atoms with van der Waals surface area (Å²) in [6.45, 7) is 2.23. The van der Waals surface area contributed by atoms with Crippen LogP contribution in [0, 0.1) is 5.92 Å². The van der Waals surface area contributed by atoms with Crippen molar-refractivity contribution in [1.29, 1.82) is 0 Å². The second kappa shape index (κ2) is 12.1. The van der Waals surface area contributed by atoms with Gasteiger partial charge in [-0.2, -0.15) is 0 Å². The molecule has 0 radical (unpaired) electrons. The number of hydrogen-bond donors (Lipinski definition) is 2. The number of carboxylic acid groups (broad SMARTS) is 1. The van der Waals surface area contributed by atoms with Crippen molar-refractivity contribution in [2.45, 2.75) is 12.8 Å². The van der Waals surface area contributed by atoms with E-state index in [9.17, 15) is 9.59 Å². The zero-order valence-electron chi connectivity index (χ0n) is 21.2. The monoisotopic (exact) mass is 524 g/mol. The Morgan fingerprint density at radius 2 is 1.72 bits per heavy atom. The quantitative estimate of drug-likeness (QED) is 0.294. The number of anilines is 2. The number of carbonyl (C=O) groups excluding carboxylic acids is 1. The molecule has 1 saturated heterocycles. The predicted molar refractivity (Wildman–Crippen MR) is 147 cm³/mol. The summed E-state index contributed by atoms with van der Waals surface area (Å²) < 4.78 is 11.5. The Labute approximate surface area is 226 Å². The number of rotatable bonds is 9. The minimum atomic E-state index is -0.965. The summed E-state index contributed by atoms with van der Waals surface area (Å²) in [6, 6.07) is 22.6. The van der Waals surface area contributed by atoms with E-state index >= 15 is 0 Å². The van der Waals surface area contributed by atoms with Gasteiger partial charge in [-0.1, -0.05) is 12.1 Å². The molecule has 5 rings (SSSR count). The van der Waals surface area contributed by atoms with Crippen molar-refractivity contribution in [1.82, 2.24) is 9.97 Å². The SMILES string of the molecule is O=C(O)c1cccc(OCC2CCN(c3ccc(NC(=O)c4ccc(Oc5ccccn5)cc4)cn3)CC2)c1. The van der Waals surface area contributed by atoms with Gasteiger partial charge in [0.1, 0.15) is 17.3 Å². The Morgan fingerprint density at radius 3 is 2.41 bits per heavy atom. The molecule has 0 bridgehead atoms. The number of carboxylic acids is 1. The van der Waals surface area contributed by atoms with Crippen LogP contribution in [0.4, 0.5) is 11.5 Å². The highest BCUT2D eigenvalue weighted by atomic mass is 16.5. The summed E-state index contributed by atoms with van der Waals surface area (Å²) in [5, 5.41) is 12.0. The fraction of sp³-hybridized carbons (Fsp3) is 0.200. The summed E-state index contributed by atoms with van der Waals surface area (Å²) in [5.74, 6) is 1.70. The largest absolute Gasteiger partial charge is 0.493 e. The molecule has 198 valence electrons. The molecule has 3 heterocycles. The van der Waals surface area contributed by atoms with Crippen molar-refractivity contribution in [2.24, 2.45) is 5.92 Å². The summed E-state index contributed by atoms with van der Waals surface area (Å²) in [4.78, 5) is 34.7. The molecule has 4 aromatic rings. The highest BCUT2D eigenvalue weighted by molar-refractivity contribution is 6.04. The van der Waals surface area contributed by atoms with E-state index in [1.165, 1.54) is 0 Å². The number of ether oxygens (including phenoxy) is 2. The lowest BCUT2D eigenvalue weighted by atomic mass is 9.98. The van der Waals surface area contributed by atoms with Gasteiger partial charge >= 0.3 is 5.97 Å². The zero-order chi connectivity index (χ0) is 27.0. The maximum absolute atomic E-state index is 12.7. The van der Waals surface area contributed by atoms with Crippen molar-refractivity contribution >= 4 is 23.4 Å². The number of pyridine rings is 2. The molecule has 1 aliphatic heterocycles. The number of benzene rings is 2. The van der Waals surface area contributed by atoms with Gasteiger partial charge in [0, 0.05) is 30.9 Å². The number of carbonyl (C=O) groups is 2. The lowest BCUT2D eigenvalue weighted by molar-refractivity contribution is 0.0696. The number of nitrogens with one attached hydrogen (secondary N) is 1. The minimum absolute atomic E-state index is 0.220. The third-order valence-corrected chi connectivity index (χ3v) is 6.49. The Hall–Kier alpha value is -4.92. The molecule has 0 spiro atoms. The molecule has 0 unspecified atom stereocenters. The average Bonchev–Trinajstić information content (AvgIpc) is 2.98. The average molecular weight is 525 g/mol. The Morgan fingerprint density at radius 1 is 0.897 bits per heavy atom. The van der Waals surface area contributed by atoms with Gasteiger partial charge in [0.2, 0.25) is 5.88 Å². The van der Waals surface area contributed by atoms with Gasteiger partial charge in [-0.15, -0.1) is 0 Å². The lowest BCUT2D eigenvalue weighted by Gasteiger charge is -2.32. The first-order valence-electron chi connectivity index (χ1n) is 12.7. The van der Waals surface area contributed by atoms with E-state index in [-0.39, 0.29) is 11.5 Å². The van der Waals surface area contributed by atoms with Crippen molar-refractivity contribution in [3.63, 3.8) is 0 Å². The van der Waals surface area contributed by atoms with Gasteiger partial charge in [0.15, 0.2) is 0 Å². The molecular formula is C30H28N4O5. The first kappa shape index (κ1) is 25.7. The topological polar surface area (TPSA) is 114 Å². The number of hydrogen-bond acceptors (Lipinski definition) is 7. The van der Waals surface area contributed by atoms with E-state index in [0.717, 1.165) is 31.7 Å². The second-order valence-corrected chi connectivity index (χ2v) is 9.23. The summed E-state index contributed by atoms with van der Waals surface area (Å²) in [5.41, 5.74) is 1.34. The van der Waals surface area contributed by atoms with Crippen LogP contribution in [0.25, 0.3) is 0 Å². The smallest absolute Gasteiger partial charge is 0.335 e. The molecule has 0 saturated carbocycles. The number of amides is 1. The molecule has 2 aromatic carbocycles. The predicted octanol–water partition coefficient (Wildman–Crippen LogP) is 5.51. The van der Waals surface area contributed by atoms with Crippen LogP contribution in [0.5, 0.6) is 17.4 Å². The third-order valence-electron chi connectivity index (χ3n) is 6.49. The fourth-order valence-electron chi connectivity index (χ4n) is 4.31. The van der Waals surface area contributed by atoms with Crippen LogP contribution in [-0.2, 0) is 0 Å². The van der Waals surface area contributed by atoms with Gasteiger partial charge in [-0.05, 0) is 79.4 Å². The summed E-state index contributed by atoms with van der Waals surface area (Å²) in [6.07, 6.45) is 5.20. The molecule has 1 amide bonds. The van der Waals surface area contributed by atoms with Crippen molar-refractivity contribution < 1.29 is 24.2 Å². The first-order valence-corrected chi connectivity index (χ1v) is 12.7. The van der Waals surface area contributed by atoms with E-state index in [1.54, 1.807) is 67.0 Å². The van der Waals surface area contributed by atoms with E-state index in [2.05, 4.69) is 20.2 Å². The normalized spacial score (nSPS) is 13.5.